The molecule has 0 aliphatic heterocycles. The van der Waals surface area contributed by atoms with Crippen LogP contribution in [-0.4, -0.2) is 106 Å². The van der Waals surface area contributed by atoms with Crippen LogP contribution in [0.25, 0.3) is 0 Å². The number of carbonyl (C=O) groups is 8. The summed E-state index contributed by atoms with van der Waals surface area (Å²) in [6.45, 7) is 8.84. The van der Waals surface area contributed by atoms with Gasteiger partial charge in [-0.3, -0.25) is 33.6 Å². The maximum Gasteiger partial charge on any atom is 0.326 e. The zero-order valence-electron chi connectivity index (χ0n) is 30.4. The van der Waals surface area contributed by atoms with E-state index in [1.807, 2.05) is 0 Å². The van der Waals surface area contributed by atoms with E-state index in [1.165, 1.54) is 13.8 Å². The van der Waals surface area contributed by atoms with Crippen LogP contribution >= 0.6 is 0 Å². The Labute approximate surface area is 303 Å². The highest BCUT2D eigenvalue weighted by Crippen LogP contribution is 2.10. The van der Waals surface area contributed by atoms with Crippen LogP contribution in [0.3, 0.4) is 0 Å². The molecule has 12 N–H and O–H groups in total. The predicted octanol–water partition coefficient (Wildman–Crippen LogP) is -2.45. The van der Waals surface area contributed by atoms with Gasteiger partial charge in [0.1, 0.15) is 36.3 Å². The number of benzene rings is 1. The van der Waals surface area contributed by atoms with Crippen molar-refractivity contribution in [1.29, 1.82) is 0 Å². The molecule has 18 nitrogen and oxygen atoms in total. The van der Waals surface area contributed by atoms with E-state index < -0.39 is 109 Å². The lowest BCUT2D eigenvalue weighted by molar-refractivity contribution is -0.143. The van der Waals surface area contributed by atoms with E-state index >= 15 is 0 Å². The maximum absolute atomic E-state index is 13.4. The summed E-state index contributed by atoms with van der Waals surface area (Å²) in [6, 6.07) is -0.372. The SMILES string of the molecule is CC[C@H](C)[C@H](NC(=O)[C@@H](N)CC(N)=O)C(=O)N[C@@H](C)C(=O)N[C@@H](C)C(=O)N[C@@H](Cc1ccccc1)C(=O)N[C@@H](CO)C(=O)N[C@@H](CC(C)C)C(=O)O. The zero-order chi connectivity index (χ0) is 39.7. The third kappa shape index (κ3) is 15.4. The van der Waals surface area contributed by atoms with Crippen LogP contribution in [0.2, 0.25) is 0 Å². The van der Waals surface area contributed by atoms with Crippen molar-refractivity contribution in [3.63, 3.8) is 0 Å². The fraction of sp³-hybridized carbons (Fsp3) is 0.588. The van der Waals surface area contributed by atoms with Gasteiger partial charge in [0, 0.05) is 6.42 Å². The first-order chi connectivity index (χ1) is 24.3. The molecular formula is C34H54N8O10. The minimum absolute atomic E-state index is 0.0533. The number of aliphatic hydroxyl groups is 1. The number of rotatable bonds is 22. The Bertz CT molecular complexity index is 1410. The molecule has 52 heavy (non-hydrogen) atoms. The number of aliphatic hydroxyl groups excluding tert-OH is 1. The second-order valence-electron chi connectivity index (χ2n) is 13.1. The molecule has 0 fully saturated rings. The van der Waals surface area contributed by atoms with Crippen LogP contribution in [-0.2, 0) is 44.8 Å². The molecule has 0 saturated carbocycles. The largest absolute Gasteiger partial charge is 0.480 e. The van der Waals surface area contributed by atoms with Gasteiger partial charge < -0.3 is 53.6 Å². The van der Waals surface area contributed by atoms with Crippen molar-refractivity contribution in [2.75, 3.05) is 6.61 Å². The Morgan fingerprint density at radius 3 is 1.67 bits per heavy atom. The minimum Gasteiger partial charge on any atom is -0.480 e. The molecule has 0 bridgehead atoms. The molecule has 0 unspecified atom stereocenters. The summed E-state index contributed by atoms with van der Waals surface area (Å²) < 4.78 is 0. The van der Waals surface area contributed by atoms with Crippen LogP contribution in [0.4, 0.5) is 0 Å². The van der Waals surface area contributed by atoms with Gasteiger partial charge in [0.15, 0.2) is 0 Å². The summed E-state index contributed by atoms with van der Waals surface area (Å²) in [6.07, 6.45) is 0.0794. The first-order valence-electron chi connectivity index (χ1n) is 17.0. The Morgan fingerprint density at radius 1 is 0.673 bits per heavy atom. The van der Waals surface area contributed by atoms with Gasteiger partial charge in [-0.2, -0.15) is 0 Å². The van der Waals surface area contributed by atoms with Crippen LogP contribution in [0.15, 0.2) is 30.3 Å². The summed E-state index contributed by atoms with van der Waals surface area (Å²) in [4.78, 5) is 101. The molecule has 0 aliphatic carbocycles. The van der Waals surface area contributed by atoms with E-state index in [0.717, 1.165) is 0 Å². The number of carboxylic acid groups (broad SMARTS) is 1. The van der Waals surface area contributed by atoms with Crippen LogP contribution in [0.5, 0.6) is 0 Å². The number of amides is 7. The topological polar surface area (TPSA) is 301 Å². The third-order valence-corrected chi connectivity index (χ3v) is 8.11. The van der Waals surface area contributed by atoms with Gasteiger partial charge in [0.05, 0.1) is 19.1 Å². The highest BCUT2D eigenvalue weighted by molar-refractivity contribution is 5.97. The number of carboxylic acids is 1. The Morgan fingerprint density at radius 2 is 1.17 bits per heavy atom. The van der Waals surface area contributed by atoms with Gasteiger partial charge >= 0.3 is 5.97 Å². The first kappa shape index (κ1) is 44.9. The second kappa shape index (κ2) is 22.0. The van der Waals surface area contributed by atoms with E-state index in [4.69, 9.17) is 11.5 Å². The number of primary amides is 1. The quantitative estimate of drug-likeness (QED) is 0.0596. The molecule has 0 aliphatic rings. The summed E-state index contributed by atoms with van der Waals surface area (Å²) >= 11 is 0. The van der Waals surface area contributed by atoms with Crippen molar-refractivity contribution >= 4 is 47.3 Å². The Kier molecular flexibility index (Phi) is 19.0. The number of hydrogen-bond donors (Lipinski definition) is 10. The highest BCUT2D eigenvalue weighted by Gasteiger charge is 2.33. The molecule has 1 aromatic rings. The van der Waals surface area contributed by atoms with Crippen LogP contribution in [0.1, 0.15) is 66.4 Å². The van der Waals surface area contributed by atoms with Crippen molar-refractivity contribution in [2.45, 2.75) is 110 Å². The number of carbonyl (C=O) groups excluding carboxylic acids is 7. The van der Waals surface area contributed by atoms with Gasteiger partial charge in [-0.25, -0.2) is 4.79 Å². The van der Waals surface area contributed by atoms with Crippen LogP contribution < -0.4 is 43.4 Å². The van der Waals surface area contributed by atoms with Crippen molar-refractivity contribution in [2.24, 2.45) is 23.3 Å². The van der Waals surface area contributed by atoms with Gasteiger partial charge in [-0.15, -0.1) is 0 Å². The van der Waals surface area contributed by atoms with Crippen molar-refractivity contribution in [1.82, 2.24) is 31.9 Å². The number of nitrogens with one attached hydrogen (secondary N) is 6. The fourth-order valence-corrected chi connectivity index (χ4v) is 4.83. The first-order valence-corrected chi connectivity index (χ1v) is 17.0. The number of hydrogen-bond acceptors (Lipinski definition) is 10. The average Bonchev–Trinajstić information content (AvgIpc) is 3.07. The fourth-order valence-electron chi connectivity index (χ4n) is 4.83. The van der Waals surface area contributed by atoms with Gasteiger partial charge in [0.25, 0.3) is 0 Å². The lowest BCUT2D eigenvalue weighted by atomic mass is 9.97. The van der Waals surface area contributed by atoms with Crippen molar-refractivity contribution in [3.05, 3.63) is 35.9 Å². The van der Waals surface area contributed by atoms with Gasteiger partial charge in [-0.1, -0.05) is 64.4 Å². The minimum atomic E-state index is -1.54. The number of nitrogens with two attached hydrogens (primary N) is 2. The summed E-state index contributed by atoms with van der Waals surface area (Å²) in [5, 5.41) is 34.0. The average molecular weight is 735 g/mol. The van der Waals surface area contributed by atoms with E-state index in [1.54, 1.807) is 58.0 Å². The van der Waals surface area contributed by atoms with Gasteiger partial charge in [0.2, 0.25) is 41.4 Å². The monoisotopic (exact) mass is 734 g/mol. The Hall–Kier alpha value is -5.10. The van der Waals surface area contributed by atoms with E-state index in [9.17, 15) is 48.6 Å². The molecule has 0 saturated heterocycles. The van der Waals surface area contributed by atoms with E-state index in [-0.39, 0.29) is 18.8 Å². The molecule has 0 spiro atoms. The van der Waals surface area contributed by atoms with E-state index in [0.29, 0.717) is 12.0 Å². The molecule has 8 atom stereocenters. The highest BCUT2D eigenvalue weighted by atomic mass is 16.4. The predicted molar refractivity (Wildman–Crippen MR) is 188 cm³/mol. The second-order valence-corrected chi connectivity index (χ2v) is 13.1. The zero-order valence-corrected chi connectivity index (χ0v) is 30.4. The molecule has 7 amide bonds. The lowest BCUT2D eigenvalue weighted by Gasteiger charge is -2.27. The lowest BCUT2D eigenvalue weighted by Crippen LogP contribution is -2.60. The van der Waals surface area contributed by atoms with E-state index in [2.05, 4.69) is 31.9 Å². The normalized spacial score (nSPS) is 15.6. The van der Waals surface area contributed by atoms with Crippen molar-refractivity contribution in [3.8, 4) is 0 Å². The number of aliphatic carboxylic acids is 1. The van der Waals surface area contributed by atoms with Crippen molar-refractivity contribution < 1.29 is 48.6 Å². The molecule has 1 rings (SSSR count). The molecule has 18 heteroatoms. The molecule has 0 heterocycles. The molecule has 1 aromatic carbocycles. The molecular weight excluding hydrogens is 680 g/mol. The molecule has 0 radical (unpaired) electrons. The smallest absolute Gasteiger partial charge is 0.326 e. The summed E-state index contributed by atoms with van der Waals surface area (Å²) in [7, 11) is 0. The maximum atomic E-state index is 13.4. The molecule has 0 aromatic heterocycles. The summed E-state index contributed by atoms with van der Waals surface area (Å²) in [5.74, 6) is -7.43. The van der Waals surface area contributed by atoms with Crippen LogP contribution in [0, 0.1) is 11.8 Å². The summed E-state index contributed by atoms with van der Waals surface area (Å²) in [5.41, 5.74) is 11.4. The standard InChI is InChI=1S/C34H54N8O10/c1-7-18(4)27(42-30(47)22(35)15-26(36)44)33(50)38-19(5)28(45)37-20(6)29(46)39-23(14-21-11-9-8-10-12-21)31(48)41-25(16-43)32(49)40-24(34(51)52)13-17(2)3/h8-12,17-20,22-25,27,43H,7,13-16,35H2,1-6H3,(H2,36,44)(H,37,45)(H,38,50)(H,39,46)(H,40,49)(H,41,48)(H,42,47)(H,51,52)/t18-,19-,20-,22-,23-,24-,25-,27-/m0/s1. The van der Waals surface area contributed by atoms with Gasteiger partial charge in [-0.05, 0) is 37.7 Å². The molecule has 290 valence electrons. The third-order valence-electron chi connectivity index (χ3n) is 8.11. The Balaban J connectivity index is 3.03.